The number of methoxy groups -OCH3 is 1. The summed E-state index contributed by atoms with van der Waals surface area (Å²) in [6.07, 6.45) is 0.626. The van der Waals surface area contributed by atoms with Crippen molar-refractivity contribution in [2.75, 3.05) is 13.7 Å². The topological polar surface area (TPSA) is 80.3 Å². The van der Waals surface area contributed by atoms with E-state index in [1.165, 1.54) is 12.1 Å². The van der Waals surface area contributed by atoms with Crippen LogP contribution in [0.4, 0.5) is 8.78 Å². The van der Waals surface area contributed by atoms with Gasteiger partial charge in [-0.05, 0) is 75.5 Å². The number of rotatable bonds is 6. The van der Waals surface area contributed by atoms with Gasteiger partial charge in [0.2, 0.25) is 0 Å². The predicted molar refractivity (Wildman–Crippen MR) is 136 cm³/mol. The van der Waals surface area contributed by atoms with Crippen molar-refractivity contribution in [1.82, 2.24) is 0 Å². The van der Waals surface area contributed by atoms with Gasteiger partial charge in [0.05, 0.1) is 12.5 Å². The molecular formula is C30H32F2O7. The number of ether oxygens (including phenoxy) is 5. The van der Waals surface area contributed by atoms with Crippen molar-refractivity contribution >= 4 is 11.6 Å². The first-order valence-corrected chi connectivity index (χ1v) is 13.5. The zero-order chi connectivity index (χ0) is 27.5. The second-order valence-electron chi connectivity index (χ2n) is 11.4. The number of ketones is 2. The van der Waals surface area contributed by atoms with Crippen LogP contribution >= 0.6 is 0 Å². The molecular weight excluding hydrogens is 510 g/mol. The minimum absolute atomic E-state index is 0.0421. The SMILES string of the molecule is COc1ccc2c(c1)OC(C1CCC(C(C)=O)CC1)CC2CC(=O)[C@@]1(C)COc2cc3c(cc21)OC(F)(F)O3. The fraction of sp³-hybridized carbons (Fsp3) is 0.533. The minimum atomic E-state index is -3.75. The fourth-order valence-corrected chi connectivity index (χ4v) is 6.59. The number of benzene rings is 2. The van der Waals surface area contributed by atoms with E-state index in [1.807, 2.05) is 18.2 Å². The highest BCUT2D eigenvalue weighted by atomic mass is 19.3. The molecule has 39 heavy (non-hydrogen) atoms. The average molecular weight is 543 g/mol. The van der Waals surface area contributed by atoms with E-state index in [9.17, 15) is 18.4 Å². The van der Waals surface area contributed by atoms with Gasteiger partial charge in [0.15, 0.2) is 11.5 Å². The summed E-state index contributed by atoms with van der Waals surface area (Å²) in [6.45, 7) is 3.56. The number of carbonyl (C=O) groups is 2. The number of halogens is 2. The molecule has 3 atom stereocenters. The Labute approximate surface area is 225 Å². The Hall–Kier alpha value is -3.36. The highest BCUT2D eigenvalue weighted by Crippen LogP contribution is 2.52. The van der Waals surface area contributed by atoms with E-state index in [4.69, 9.17) is 14.2 Å². The van der Waals surface area contributed by atoms with Gasteiger partial charge in [-0.25, -0.2) is 0 Å². The van der Waals surface area contributed by atoms with Crippen LogP contribution in [0.2, 0.25) is 0 Å². The quantitative estimate of drug-likeness (QED) is 0.446. The molecule has 9 heteroatoms. The third kappa shape index (κ3) is 4.59. The first-order chi connectivity index (χ1) is 18.6. The summed E-state index contributed by atoms with van der Waals surface area (Å²) in [7, 11) is 1.60. The molecule has 1 fully saturated rings. The van der Waals surface area contributed by atoms with Crippen LogP contribution in [0.3, 0.4) is 0 Å². The number of carbonyl (C=O) groups excluding carboxylic acids is 2. The smallest absolute Gasteiger partial charge is 0.497 e. The molecule has 1 aliphatic carbocycles. The van der Waals surface area contributed by atoms with E-state index in [2.05, 4.69) is 9.47 Å². The molecule has 6 rings (SSSR count). The molecule has 0 amide bonds. The van der Waals surface area contributed by atoms with E-state index in [-0.39, 0.29) is 54.0 Å². The molecule has 0 radical (unpaired) electrons. The van der Waals surface area contributed by atoms with Crippen LogP contribution in [-0.4, -0.2) is 37.7 Å². The van der Waals surface area contributed by atoms with E-state index in [0.29, 0.717) is 29.4 Å². The Kier molecular flexibility index (Phi) is 6.23. The molecule has 4 aliphatic rings. The maximum Gasteiger partial charge on any atom is 0.586 e. The van der Waals surface area contributed by atoms with Gasteiger partial charge in [0.1, 0.15) is 41.5 Å². The van der Waals surface area contributed by atoms with Gasteiger partial charge >= 0.3 is 6.29 Å². The molecule has 0 spiro atoms. The number of Topliss-reactive ketones (excluding diaryl/α,β-unsaturated/α-hetero) is 2. The van der Waals surface area contributed by atoms with Gasteiger partial charge in [-0.3, -0.25) is 9.59 Å². The van der Waals surface area contributed by atoms with Crippen LogP contribution in [-0.2, 0) is 15.0 Å². The Morgan fingerprint density at radius 2 is 1.72 bits per heavy atom. The van der Waals surface area contributed by atoms with Gasteiger partial charge in [0, 0.05) is 30.0 Å². The van der Waals surface area contributed by atoms with Crippen LogP contribution in [0, 0.1) is 11.8 Å². The summed E-state index contributed by atoms with van der Waals surface area (Å²) < 4.78 is 54.2. The molecule has 2 aromatic rings. The Balaban J connectivity index is 1.25. The molecule has 0 N–H and O–H groups in total. The van der Waals surface area contributed by atoms with Gasteiger partial charge in [-0.2, -0.15) is 0 Å². The lowest BCUT2D eigenvalue weighted by molar-refractivity contribution is -0.286. The van der Waals surface area contributed by atoms with E-state index >= 15 is 0 Å². The summed E-state index contributed by atoms with van der Waals surface area (Å²) in [5, 5.41) is 0. The maximum atomic E-state index is 14.0. The average Bonchev–Trinajstić information content (AvgIpc) is 3.41. The highest BCUT2D eigenvalue weighted by Gasteiger charge is 2.49. The van der Waals surface area contributed by atoms with Gasteiger partial charge in [0.25, 0.3) is 0 Å². The van der Waals surface area contributed by atoms with Crippen molar-refractivity contribution < 1.29 is 42.1 Å². The first-order valence-electron chi connectivity index (χ1n) is 13.5. The third-order valence-corrected chi connectivity index (χ3v) is 8.99. The van der Waals surface area contributed by atoms with Gasteiger partial charge in [-0.1, -0.05) is 6.07 Å². The number of alkyl halides is 2. The van der Waals surface area contributed by atoms with E-state index in [0.717, 1.165) is 37.0 Å². The largest absolute Gasteiger partial charge is 0.586 e. The lowest BCUT2D eigenvalue weighted by Crippen LogP contribution is -2.39. The highest BCUT2D eigenvalue weighted by molar-refractivity contribution is 5.92. The summed E-state index contributed by atoms with van der Waals surface area (Å²) in [4.78, 5) is 25.8. The van der Waals surface area contributed by atoms with Crippen LogP contribution in [0.5, 0.6) is 28.7 Å². The van der Waals surface area contributed by atoms with Gasteiger partial charge in [-0.15, -0.1) is 8.78 Å². The summed E-state index contributed by atoms with van der Waals surface area (Å²) in [6, 6.07) is 8.50. The summed E-state index contributed by atoms with van der Waals surface area (Å²) >= 11 is 0. The molecule has 2 unspecified atom stereocenters. The number of hydrogen-bond donors (Lipinski definition) is 0. The van der Waals surface area contributed by atoms with Gasteiger partial charge < -0.3 is 23.7 Å². The minimum Gasteiger partial charge on any atom is -0.497 e. The van der Waals surface area contributed by atoms with Crippen molar-refractivity contribution in [3.8, 4) is 28.7 Å². The zero-order valence-electron chi connectivity index (χ0n) is 22.3. The number of hydrogen-bond acceptors (Lipinski definition) is 7. The maximum absolute atomic E-state index is 14.0. The van der Waals surface area contributed by atoms with Crippen LogP contribution < -0.4 is 23.7 Å². The van der Waals surface area contributed by atoms with Crippen molar-refractivity contribution in [1.29, 1.82) is 0 Å². The lowest BCUT2D eigenvalue weighted by atomic mass is 9.72. The lowest BCUT2D eigenvalue weighted by Gasteiger charge is -2.39. The molecule has 1 saturated carbocycles. The van der Waals surface area contributed by atoms with Crippen LogP contribution in [0.25, 0.3) is 0 Å². The Bertz CT molecular complexity index is 1320. The summed E-state index contributed by atoms with van der Waals surface area (Å²) in [5.74, 6) is 2.06. The molecule has 0 saturated heterocycles. The fourth-order valence-electron chi connectivity index (χ4n) is 6.59. The van der Waals surface area contributed by atoms with Crippen molar-refractivity contribution in [3.05, 3.63) is 41.5 Å². The zero-order valence-corrected chi connectivity index (χ0v) is 22.3. The molecule has 0 aromatic heterocycles. The molecule has 2 aromatic carbocycles. The van der Waals surface area contributed by atoms with Crippen molar-refractivity contribution in [3.63, 3.8) is 0 Å². The third-order valence-electron chi connectivity index (χ3n) is 8.99. The monoisotopic (exact) mass is 542 g/mol. The van der Waals surface area contributed by atoms with Crippen molar-refractivity contribution in [2.45, 2.75) is 76.1 Å². The van der Waals surface area contributed by atoms with Crippen LogP contribution in [0.15, 0.2) is 30.3 Å². The normalized spacial score (nSPS) is 30.0. The van der Waals surface area contributed by atoms with Crippen LogP contribution in [0.1, 0.15) is 69.4 Å². The van der Waals surface area contributed by atoms with E-state index in [1.54, 1.807) is 21.0 Å². The molecule has 3 heterocycles. The molecule has 208 valence electrons. The Morgan fingerprint density at radius 3 is 2.41 bits per heavy atom. The standard InChI is InChI=1S/C30H32F2O7/c1-16(33)17-4-6-18(7-5-17)23-10-19(21-9-8-20(35-3)12-24(21)37-23)11-28(34)29(2)15-36-25-14-27-26(13-22(25)29)38-30(31,32)39-27/h8-9,12-14,17-19,23H,4-7,10-11,15H2,1-3H3/t17?,18?,19?,23?,29-/m0/s1. The molecule has 7 nitrogen and oxygen atoms in total. The molecule has 3 aliphatic heterocycles. The predicted octanol–water partition coefficient (Wildman–Crippen LogP) is 5.96. The molecule has 0 bridgehead atoms. The Morgan fingerprint density at radius 1 is 1.00 bits per heavy atom. The second kappa shape index (κ2) is 9.38. The van der Waals surface area contributed by atoms with Crippen molar-refractivity contribution in [2.24, 2.45) is 11.8 Å². The summed E-state index contributed by atoms with van der Waals surface area (Å²) in [5.41, 5.74) is 0.450. The second-order valence-corrected chi connectivity index (χ2v) is 11.4. The number of fused-ring (bicyclic) bond motifs is 3. The van der Waals surface area contributed by atoms with E-state index < -0.39 is 11.7 Å². The first kappa shape index (κ1) is 25.9.